The van der Waals surface area contributed by atoms with E-state index in [0.29, 0.717) is 0 Å². The van der Waals surface area contributed by atoms with Crippen LogP contribution in [0.1, 0.15) is 0 Å². The van der Waals surface area contributed by atoms with Crippen LogP contribution in [0.5, 0.6) is 0 Å². The Bertz CT molecular complexity index is 1030. The van der Waals surface area contributed by atoms with Crippen molar-refractivity contribution in [1.82, 2.24) is 0 Å². The molecule has 0 amide bonds. The van der Waals surface area contributed by atoms with Gasteiger partial charge in [-0.25, -0.2) is 16.8 Å². The summed E-state index contributed by atoms with van der Waals surface area (Å²) < 4.78 is 78.9. The predicted molar refractivity (Wildman–Crippen MR) is 74.7 cm³/mol. The van der Waals surface area contributed by atoms with Gasteiger partial charge in [-0.1, -0.05) is 12.1 Å². The fourth-order valence-corrected chi connectivity index (χ4v) is 5.22. The number of hydrogen-bond acceptors (Lipinski definition) is 8. The van der Waals surface area contributed by atoms with Crippen molar-refractivity contribution in [1.29, 1.82) is 0 Å². The van der Waals surface area contributed by atoms with E-state index in [2.05, 4.69) is 0 Å². The summed E-state index contributed by atoms with van der Waals surface area (Å²) in [5, 5.41) is -0.472. The number of hydrogen-bond donors (Lipinski definition) is 0. The van der Waals surface area contributed by atoms with Crippen molar-refractivity contribution in [3.05, 3.63) is 36.4 Å². The van der Waals surface area contributed by atoms with E-state index in [9.17, 15) is 35.4 Å². The van der Waals surface area contributed by atoms with Crippen molar-refractivity contribution in [2.45, 2.75) is 9.79 Å². The largest absolute Gasteiger partial charge is 1.00 e. The van der Waals surface area contributed by atoms with Gasteiger partial charge in [0.25, 0.3) is 0 Å². The van der Waals surface area contributed by atoms with Crippen LogP contribution >= 0.6 is 7.37 Å². The Labute approximate surface area is 278 Å². The van der Waals surface area contributed by atoms with E-state index >= 15 is 0 Å². The van der Waals surface area contributed by atoms with Crippen LogP contribution in [0.4, 0.5) is 0 Å². The Kier molecular flexibility index (Phi) is 11.7. The van der Waals surface area contributed by atoms with Gasteiger partial charge < -0.3 is 18.6 Å². The molecule has 0 spiro atoms. The van der Waals surface area contributed by atoms with E-state index in [1.165, 1.54) is 0 Å². The SMILES string of the molecule is O=P1([O-])c2ccc(S(=O)(=O)[O-])cc2-c2cc(S(=O)(=O)[O-])ccc21.[K+].[K+].[K+]. The van der Waals surface area contributed by atoms with E-state index in [1.54, 1.807) is 0 Å². The number of benzene rings is 2. The van der Waals surface area contributed by atoms with Crippen LogP contribution in [-0.2, 0) is 24.8 Å². The summed E-state index contributed by atoms with van der Waals surface area (Å²) in [6, 6.07) is 5.38. The molecule has 26 heavy (non-hydrogen) atoms. The summed E-state index contributed by atoms with van der Waals surface area (Å²) in [5.74, 6) is 0. The molecule has 0 aliphatic carbocycles. The zero-order valence-electron chi connectivity index (χ0n) is 14.0. The molecule has 0 atom stereocenters. The van der Waals surface area contributed by atoms with Crippen LogP contribution in [0.25, 0.3) is 11.1 Å². The van der Waals surface area contributed by atoms with Gasteiger partial charge >= 0.3 is 154 Å². The van der Waals surface area contributed by atoms with E-state index in [1.807, 2.05) is 0 Å². The summed E-state index contributed by atoms with van der Waals surface area (Å²) in [6.07, 6.45) is 0. The fourth-order valence-electron chi connectivity index (χ4n) is 2.42. The molecule has 0 fully saturated rings. The minimum absolute atomic E-state index is 0. The minimum Gasteiger partial charge on any atom is -0.793 e. The summed E-state index contributed by atoms with van der Waals surface area (Å²) in [4.78, 5) is 11.1. The van der Waals surface area contributed by atoms with Gasteiger partial charge in [-0.05, 0) is 35.4 Å². The molecule has 0 radical (unpaired) electrons. The van der Waals surface area contributed by atoms with E-state index in [-0.39, 0.29) is 176 Å². The first kappa shape index (κ1) is 29.4. The smallest absolute Gasteiger partial charge is 0.793 e. The summed E-state index contributed by atoms with van der Waals surface area (Å²) in [5.41, 5.74) is -0.249. The molecule has 14 heteroatoms. The maximum Gasteiger partial charge on any atom is 1.00 e. The van der Waals surface area contributed by atoms with Crippen molar-refractivity contribution in [2.24, 2.45) is 0 Å². The second kappa shape index (κ2) is 10.3. The monoisotopic (exact) mass is 490 g/mol. The maximum absolute atomic E-state index is 12.4. The van der Waals surface area contributed by atoms with E-state index in [4.69, 9.17) is 0 Å². The molecule has 0 saturated heterocycles. The van der Waals surface area contributed by atoms with Gasteiger partial charge in [-0.15, -0.1) is 0 Å². The van der Waals surface area contributed by atoms with Crippen LogP contribution in [0.15, 0.2) is 46.2 Å². The minimum atomic E-state index is -4.82. The second-order valence-electron chi connectivity index (χ2n) is 4.82. The molecular weight excluding hydrogens is 485 g/mol. The maximum atomic E-state index is 12.4. The number of rotatable bonds is 2. The van der Waals surface area contributed by atoms with Crippen LogP contribution in [0, 0.1) is 0 Å². The zero-order valence-corrected chi connectivity index (χ0v) is 25.9. The first-order valence-corrected chi connectivity index (χ1v) is 10.4. The fraction of sp³-hybridized carbons (Fsp3) is 0. The van der Waals surface area contributed by atoms with E-state index < -0.39 is 37.4 Å². The van der Waals surface area contributed by atoms with Crippen molar-refractivity contribution >= 4 is 38.2 Å². The summed E-state index contributed by atoms with van der Waals surface area (Å²) in [6.45, 7) is 0. The Balaban J connectivity index is 0.00000208. The Morgan fingerprint density at radius 2 is 1.00 bits per heavy atom. The van der Waals surface area contributed by atoms with Crippen molar-refractivity contribution < 1.29 is 190 Å². The zero-order chi connectivity index (χ0) is 17.2. The normalized spacial score (nSPS) is 14.1. The summed E-state index contributed by atoms with van der Waals surface area (Å²) >= 11 is 0. The Hall–Kier alpha value is 3.36. The first-order valence-electron chi connectivity index (χ1n) is 5.95. The predicted octanol–water partition coefficient (Wildman–Crippen LogP) is -9.92. The van der Waals surface area contributed by atoms with Gasteiger partial charge in [0.15, 0.2) is 0 Å². The van der Waals surface area contributed by atoms with Crippen molar-refractivity contribution in [3.63, 3.8) is 0 Å². The van der Waals surface area contributed by atoms with Crippen LogP contribution < -0.4 is 170 Å². The van der Waals surface area contributed by atoms with Gasteiger partial charge in [-0.2, -0.15) is 0 Å². The third-order valence-electron chi connectivity index (χ3n) is 3.44. The Morgan fingerprint density at radius 3 is 1.27 bits per heavy atom. The van der Waals surface area contributed by atoms with Crippen LogP contribution in [0.2, 0.25) is 0 Å². The molecule has 0 aromatic heterocycles. The molecule has 0 N–H and O–H groups in total. The molecule has 2 aromatic rings. The molecule has 1 aliphatic rings. The molecule has 1 aliphatic heterocycles. The van der Waals surface area contributed by atoms with Gasteiger partial charge in [-0.3, -0.25) is 0 Å². The third kappa shape index (κ3) is 5.78. The molecule has 0 unspecified atom stereocenters. The quantitative estimate of drug-likeness (QED) is 0.228. The van der Waals surface area contributed by atoms with Gasteiger partial charge in [0.2, 0.25) is 0 Å². The van der Waals surface area contributed by atoms with Crippen molar-refractivity contribution in [3.8, 4) is 11.1 Å². The van der Waals surface area contributed by atoms with Crippen LogP contribution in [0.3, 0.4) is 0 Å². The molecule has 0 saturated carbocycles. The average molecular weight is 491 g/mol. The topological polar surface area (TPSA) is 155 Å². The third-order valence-corrected chi connectivity index (χ3v) is 7.15. The van der Waals surface area contributed by atoms with Gasteiger partial charge in [0, 0.05) is 10.6 Å². The van der Waals surface area contributed by atoms with Crippen molar-refractivity contribution in [2.75, 3.05) is 0 Å². The van der Waals surface area contributed by atoms with Crippen LogP contribution in [-0.4, -0.2) is 25.9 Å². The van der Waals surface area contributed by atoms with Gasteiger partial charge in [0.05, 0.1) is 17.2 Å². The molecule has 0 bridgehead atoms. The van der Waals surface area contributed by atoms with Gasteiger partial charge in [0.1, 0.15) is 20.2 Å². The first-order chi connectivity index (χ1) is 10.4. The molecular formula is C12H6K3O8PS2. The molecule has 8 nitrogen and oxygen atoms in total. The second-order valence-corrected chi connectivity index (χ2v) is 9.64. The molecule has 2 aromatic carbocycles. The average Bonchev–Trinajstić information content (AvgIpc) is 2.65. The van der Waals surface area contributed by atoms with E-state index in [0.717, 1.165) is 36.4 Å². The number of fused-ring (bicyclic) bond motifs is 3. The standard InChI is InChI=1S/C12H9O8PS2.3K/c13-21(14)11-3-1-7(22(15,16)17)5-9(11)10-6-8(23(18,19)20)2-4-12(10)21;;;/h1-6H,(H,13,14)(H,15,16,17)(H,18,19,20);;;/q;3*+1/p-3. The molecule has 1 heterocycles. The Morgan fingerprint density at radius 1 is 0.692 bits per heavy atom. The summed E-state index contributed by atoms with van der Waals surface area (Å²) in [7, 11) is -14.0. The molecule has 3 rings (SSSR count). The molecule has 122 valence electrons.